The Kier molecular flexibility index (Phi) is 6.61. The maximum absolute atomic E-state index is 12.6. The van der Waals surface area contributed by atoms with Crippen molar-refractivity contribution >= 4 is 26.7 Å². The lowest BCUT2D eigenvalue weighted by Gasteiger charge is -2.17. The van der Waals surface area contributed by atoms with E-state index in [0.29, 0.717) is 30.4 Å². The molecule has 0 atom stereocenters. The molecule has 0 aliphatic carbocycles. The highest BCUT2D eigenvalue weighted by Crippen LogP contribution is 2.19. The number of hydrogen-bond donors (Lipinski definition) is 1. The van der Waals surface area contributed by atoms with Crippen molar-refractivity contribution in [2.75, 3.05) is 32.6 Å². The standard InChI is InChI=1S/C19H22N4O3S2/c1-23(28(24,25)17-10-8-16(26-2)9-11-17)13-12-20-19-21-18(22-27-19)14-15-6-4-3-5-7-15/h3-11H,12-14H2,1-2H3,(H,20,21,22). The van der Waals surface area contributed by atoms with Gasteiger partial charge in [-0.25, -0.2) is 13.4 Å². The fourth-order valence-electron chi connectivity index (χ4n) is 2.54. The fraction of sp³-hybridized carbons (Fsp3) is 0.263. The molecule has 0 aliphatic rings. The summed E-state index contributed by atoms with van der Waals surface area (Å²) in [4.78, 5) is 4.69. The summed E-state index contributed by atoms with van der Waals surface area (Å²) in [5, 5.41) is 3.82. The summed E-state index contributed by atoms with van der Waals surface area (Å²) < 4.78 is 36.0. The fourth-order valence-corrected chi connectivity index (χ4v) is 4.33. The van der Waals surface area contributed by atoms with Crippen LogP contribution in [0.25, 0.3) is 0 Å². The normalized spacial score (nSPS) is 11.5. The van der Waals surface area contributed by atoms with E-state index >= 15 is 0 Å². The molecule has 1 aromatic heterocycles. The van der Waals surface area contributed by atoms with Crippen LogP contribution < -0.4 is 10.1 Å². The maximum Gasteiger partial charge on any atom is 0.242 e. The third-order valence-corrected chi connectivity index (χ3v) is 6.73. The molecule has 0 aliphatic heterocycles. The number of benzene rings is 2. The molecule has 0 fully saturated rings. The Morgan fingerprint density at radius 1 is 1.11 bits per heavy atom. The van der Waals surface area contributed by atoms with Gasteiger partial charge in [-0.05, 0) is 29.8 Å². The number of rotatable bonds is 9. The first-order valence-electron chi connectivity index (χ1n) is 8.70. The number of likely N-dealkylation sites (N-methyl/N-ethyl adjacent to an activating group) is 1. The summed E-state index contributed by atoms with van der Waals surface area (Å²) >= 11 is 1.27. The second-order valence-corrected chi connectivity index (χ2v) is 8.90. The zero-order valence-corrected chi connectivity index (χ0v) is 17.3. The molecule has 0 saturated heterocycles. The summed E-state index contributed by atoms with van der Waals surface area (Å²) in [5.74, 6) is 1.36. The molecule has 0 unspecified atom stereocenters. The van der Waals surface area contributed by atoms with E-state index in [1.165, 1.54) is 15.8 Å². The average Bonchev–Trinajstić information content (AvgIpc) is 3.15. The molecule has 7 nitrogen and oxygen atoms in total. The van der Waals surface area contributed by atoms with E-state index < -0.39 is 10.0 Å². The summed E-state index contributed by atoms with van der Waals surface area (Å²) in [6.45, 7) is 0.744. The third kappa shape index (κ3) is 5.06. The van der Waals surface area contributed by atoms with Gasteiger partial charge in [0.15, 0.2) is 0 Å². The van der Waals surface area contributed by atoms with Gasteiger partial charge in [0.05, 0.1) is 12.0 Å². The molecule has 0 spiro atoms. The molecule has 148 valence electrons. The molecule has 0 bridgehead atoms. The highest BCUT2D eigenvalue weighted by atomic mass is 32.2. The average molecular weight is 419 g/mol. The number of sulfonamides is 1. The number of nitrogens with one attached hydrogen (secondary N) is 1. The Morgan fingerprint density at radius 3 is 2.50 bits per heavy atom. The van der Waals surface area contributed by atoms with E-state index in [2.05, 4.69) is 14.7 Å². The molecule has 3 rings (SSSR count). The number of methoxy groups -OCH3 is 1. The van der Waals surface area contributed by atoms with Gasteiger partial charge in [0, 0.05) is 38.1 Å². The Balaban J connectivity index is 1.52. The van der Waals surface area contributed by atoms with Crippen LogP contribution >= 0.6 is 11.5 Å². The topological polar surface area (TPSA) is 84.4 Å². The molecular weight excluding hydrogens is 396 g/mol. The Hall–Kier alpha value is -2.49. The van der Waals surface area contributed by atoms with Gasteiger partial charge in [0.2, 0.25) is 15.2 Å². The highest BCUT2D eigenvalue weighted by molar-refractivity contribution is 7.89. The van der Waals surface area contributed by atoms with Gasteiger partial charge in [-0.2, -0.15) is 8.68 Å². The first kappa shape index (κ1) is 20.2. The molecule has 0 radical (unpaired) electrons. The van der Waals surface area contributed by atoms with Crippen LogP contribution in [0.2, 0.25) is 0 Å². The summed E-state index contributed by atoms with van der Waals surface area (Å²) in [5.41, 5.74) is 1.15. The van der Waals surface area contributed by atoms with Crippen molar-refractivity contribution in [2.24, 2.45) is 0 Å². The summed E-state index contributed by atoms with van der Waals surface area (Å²) in [7, 11) is -0.449. The van der Waals surface area contributed by atoms with Crippen LogP contribution in [0.1, 0.15) is 11.4 Å². The molecule has 1 N–H and O–H groups in total. The van der Waals surface area contributed by atoms with Gasteiger partial charge in [-0.1, -0.05) is 30.3 Å². The zero-order chi connectivity index (χ0) is 20.0. The largest absolute Gasteiger partial charge is 0.497 e. The van der Waals surface area contributed by atoms with Gasteiger partial charge < -0.3 is 10.1 Å². The van der Waals surface area contributed by atoms with Crippen molar-refractivity contribution in [2.45, 2.75) is 11.3 Å². The second-order valence-electron chi connectivity index (χ2n) is 6.11. The van der Waals surface area contributed by atoms with Crippen LogP contribution in [0.4, 0.5) is 5.13 Å². The van der Waals surface area contributed by atoms with Gasteiger partial charge in [-0.3, -0.25) is 0 Å². The Bertz CT molecular complexity index is 990. The molecule has 9 heteroatoms. The molecular formula is C19H22N4O3S2. The van der Waals surface area contributed by atoms with E-state index in [1.807, 2.05) is 30.3 Å². The predicted molar refractivity (Wildman–Crippen MR) is 110 cm³/mol. The van der Waals surface area contributed by atoms with Crippen molar-refractivity contribution in [3.05, 3.63) is 66.0 Å². The van der Waals surface area contributed by atoms with E-state index in [-0.39, 0.29) is 4.90 Å². The minimum Gasteiger partial charge on any atom is -0.497 e. The summed E-state index contributed by atoms with van der Waals surface area (Å²) in [6.07, 6.45) is 0.671. The van der Waals surface area contributed by atoms with Crippen LogP contribution in [-0.2, 0) is 16.4 Å². The second kappa shape index (κ2) is 9.13. The summed E-state index contributed by atoms with van der Waals surface area (Å²) in [6, 6.07) is 16.4. The van der Waals surface area contributed by atoms with Crippen molar-refractivity contribution in [1.82, 2.24) is 13.7 Å². The first-order chi connectivity index (χ1) is 13.5. The lowest BCUT2D eigenvalue weighted by molar-refractivity contribution is 0.414. The van der Waals surface area contributed by atoms with E-state index in [4.69, 9.17) is 4.74 Å². The predicted octanol–water partition coefficient (Wildman–Crippen LogP) is 2.87. The van der Waals surface area contributed by atoms with E-state index in [9.17, 15) is 8.42 Å². The number of ether oxygens (including phenoxy) is 1. The lowest BCUT2D eigenvalue weighted by atomic mass is 10.1. The minimum absolute atomic E-state index is 0.233. The Labute approximate surface area is 169 Å². The first-order valence-corrected chi connectivity index (χ1v) is 10.9. The molecule has 0 saturated carbocycles. The maximum atomic E-state index is 12.6. The monoisotopic (exact) mass is 418 g/mol. The smallest absolute Gasteiger partial charge is 0.242 e. The third-order valence-electron chi connectivity index (χ3n) is 4.14. The van der Waals surface area contributed by atoms with Crippen molar-refractivity contribution in [1.29, 1.82) is 0 Å². The van der Waals surface area contributed by atoms with Crippen LogP contribution in [0.15, 0.2) is 59.5 Å². The minimum atomic E-state index is -3.55. The number of hydrogen-bond acceptors (Lipinski definition) is 7. The number of nitrogens with zero attached hydrogens (tertiary/aromatic N) is 3. The van der Waals surface area contributed by atoms with Gasteiger partial charge in [0.25, 0.3) is 0 Å². The van der Waals surface area contributed by atoms with Crippen LogP contribution in [0.5, 0.6) is 5.75 Å². The molecule has 3 aromatic rings. The van der Waals surface area contributed by atoms with Crippen molar-refractivity contribution < 1.29 is 13.2 Å². The van der Waals surface area contributed by atoms with E-state index in [1.54, 1.807) is 38.4 Å². The SMILES string of the molecule is COc1ccc(S(=O)(=O)N(C)CCNc2nc(Cc3ccccc3)ns2)cc1. The van der Waals surface area contributed by atoms with Crippen LogP contribution in [0.3, 0.4) is 0 Å². The Morgan fingerprint density at radius 2 is 1.82 bits per heavy atom. The van der Waals surface area contributed by atoms with Crippen LogP contribution in [-0.4, -0.2) is 49.3 Å². The lowest BCUT2D eigenvalue weighted by Crippen LogP contribution is -2.31. The van der Waals surface area contributed by atoms with Gasteiger partial charge >= 0.3 is 0 Å². The molecule has 2 aromatic carbocycles. The number of anilines is 1. The van der Waals surface area contributed by atoms with Crippen molar-refractivity contribution in [3.8, 4) is 5.75 Å². The molecule has 0 amide bonds. The number of aromatic nitrogens is 2. The van der Waals surface area contributed by atoms with E-state index in [0.717, 1.165) is 11.4 Å². The molecule has 1 heterocycles. The highest BCUT2D eigenvalue weighted by Gasteiger charge is 2.20. The van der Waals surface area contributed by atoms with Gasteiger partial charge in [0.1, 0.15) is 11.6 Å². The van der Waals surface area contributed by atoms with Gasteiger partial charge in [-0.15, -0.1) is 0 Å². The van der Waals surface area contributed by atoms with Crippen LogP contribution in [0, 0.1) is 0 Å². The zero-order valence-electron chi connectivity index (χ0n) is 15.7. The quantitative estimate of drug-likeness (QED) is 0.575. The molecule has 28 heavy (non-hydrogen) atoms. The van der Waals surface area contributed by atoms with Crippen molar-refractivity contribution in [3.63, 3.8) is 0 Å².